The average Bonchev–Trinajstić information content (AvgIpc) is 3.55. The van der Waals surface area contributed by atoms with E-state index in [4.69, 9.17) is 0 Å². The Morgan fingerprint density at radius 2 is 1.94 bits per heavy atom. The standard InChI is InChI=1S/C24H22N8O/c1-16-11-22(32-24(29-16)25-15-28-32)30-7-9-31(10-8-30)23(33)18-5-6-21-17(12-18)3-2-4-20(21)19-13-26-27-14-19/h2-6,11-15H,7-10H2,1H3,(H,26,27). The number of nitrogens with one attached hydrogen (secondary N) is 1. The average molecular weight is 438 g/mol. The summed E-state index contributed by atoms with van der Waals surface area (Å²) in [5.41, 5.74) is 3.73. The van der Waals surface area contributed by atoms with Crippen molar-refractivity contribution in [2.75, 3.05) is 31.1 Å². The molecule has 1 aliphatic rings. The van der Waals surface area contributed by atoms with Gasteiger partial charge in [0.2, 0.25) is 0 Å². The third-order valence-corrected chi connectivity index (χ3v) is 6.19. The molecule has 1 aliphatic heterocycles. The molecule has 9 nitrogen and oxygen atoms in total. The normalized spacial score (nSPS) is 14.3. The van der Waals surface area contributed by atoms with Crippen molar-refractivity contribution in [1.29, 1.82) is 0 Å². The van der Waals surface area contributed by atoms with E-state index in [-0.39, 0.29) is 5.91 Å². The van der Waals surface area contributed by atoms with Crippen LogP contribution in [0.5, 0.6) is 0 Å². The number of carbonyl (C=O) groups excluding carboxylic acids is 1. The van der Waals surface area contributed by atoms with Crippen molar-refractivity contribution in [2.45, 2.75) is 6.92 Å². The van der Waals surface area contributed by atoms with Gasteiger partial charge in [-0.05, 0) is 35.4 Å². The molecule has 0 unspecified atom stereocenters. The maximum atomic E-state index is 13.3. The summed E-state index contributed by atoms with van der Waals surface area (Å²) in [6.07, 6.45) is 5.21. The number of fused-ring (bicyclic) bond motifs is 2. The third kappa shape index (κ3) is 3.38. The van der Waals surface area contributed by atoms with Crippen LogP contribution in [0.25, 0.3) is 27.7 Å². The van der Waals surface area contributed by atoms with Crippen molar-refractivity contribution in [1.82, 2.24) is 34.7 Å². The molecule has 5 aromatic rings. The minimum absolute atomic E-state index is 0.0575. The first kappa shape index (κ1) is 19.4. The molecule has 1 saturated heterocycles. The maximum Gasteiger partial charge on any atom is 0.254 e. The summed E-state index contributed by atoms with van der Waals surface area (Å²) in [6.45, 7) is 4.69. The van der Waals surface area contributed by atoms with E-state index >= 15 is 0 Å². The summed E-state index contributed by atoms with van der Waals surface area (Å²) in [5.74, 6) is 1.61. The van der Waals surface area contributed by atoms with Crippen LogP contribution in [0.4, 0.5) is 5.82 Å². The van der Waals surface area contributed by atoms with Gasteiger partial charge in [0.15, 0.2) is 0 Å². The molecule has 1 amide bonds. The fraction of sp³-hybridized carbons (Fsp3) is 0.208. The summed E-state index contributed by atoms with van der Waals surface area (Å²) < 4.78 is 1.76. The van der Waals surface area contributed by atoms with Gasteiger partial charge in [0.25, 0.3) is 11.7 Å². The van der Waals surface area contributed by atoms with E-state index < -0.39 is 0 Å². The highest BCUT2D eigenvalue weighted by Crippen LogP contribution is 2.29. The molecule has 0 saturated carbocycles. The Labute approximate surface area is 189 Å². The van der Waals surface area contributed by atoms with Crippen molar-refractivity contribution in [3.05, 3.63) is 72.4 Å². The fourth-order valence-corrected chi connectivity index (χ4v) is 4.52. The first-order valence-corrected chi connectivity index (χ1v) is 10.9. The zero-order chi connectivity index (χ0) is 22.4. The predicted molar refractivity (Wildman–Crippen MR) is 125 cm³/mol. The van der Waals surface area contributed by atoms with Gasteiger partial charge in [-0.15, -0.1) is 0 Å². The summed E-state index contributed by atoms with van der Waals surface area (Å²) in [4.78, 5) is 26.1. The van der Waals surface area contributed by atoms with Crippen molar-refractivity contribution in [3.63, 3.8) is 0 Å². The monoisotopic (exact) mass is 438 g/mol. The molecule has 0 atom stereocenters. The topological polar surface area (TPSA) is 95.3 Å². The Morgan fingerprint density at radius 3 is 2.76 bits per heavy atom. The van der Waals surface area contributed by atoms with Crippen LogP contribution in [0.3, 0.4) is 0 Å². The lowest BCUT2D eigenvalue weighted by molar-refractivity contribution is 0.0746. The number of anilines is 1. The highest BCUT2D eigenvalue weighted by molar-refractivity contribution is 6.02. The number of aromatic amines is 1. The molecular weight excluding hydrogens is 416 g/mol. The fourth-order valence-electron chi connectivity index (χ4n) is 4.52. The van der Waals surface area contributed by atoms with E-state index in [1.807, 2.05) is 60.6 Å². The molecule has 4 heterocycles. The highest BCUT2D eigenvalue weighted by atomic mass is 16.2. The van der Waals surface area contributed by atoms with Crippen molar-refractivity contribution >= 4 is 28.3 Å². The van der Waals surface area contributed by atoms with Crippen molar-refractivity contribution < 1.29 is 4.79 Å². The van der Waals surface area contributed by atoms with Gasteiger partial charge in [-0.2, -0.15) is 19.7 Å². The van der Waals surface area contributed by atoms with E-state index in [0.29, 0.717) is 24.4 Å². The highest BCUT2D eigenvalue weighted by Gasteiger charge is 2.24. The second-order valence-corrected chi connectivity index (χ2v) is 8.24. The minimum atomic E-state index is 0.0575. The van der Waals surface area contributed by atoms with E-state index in [9.17, 15) is 4.79 Å². The van der Waals surface area contributed by atoms with Crippen LogP contribution in [0, 0.1) is 6.92 Å². The molecule has 3 aromatic heterocycles. The summed E-state index contributed by atoms with van der Waals surface area (Å²) >= 11 is 0. The summed E-state index contributed by atoms with van der Waals surface area (Å²) in [7, 11) is 0. The molecule has 2 aromatic carbocycles. The van der Waals surface area contributed by atoms with E-state index in [1.54, 1.807) is 4.52 Å². The van der Waals surface area contributed by atoms with E-state index in [1.165, 1.54) is 6.33 Å². The Balaban J connectivity index is 1.22. The smallest absolute Gasteiger partial charge is 0.254 e. The van der Waals surface area contributed by atoms with Gasteiger partial charge in [0.1, 0.15) is 12.1 Å². The maximum absolute atomic E-state index is 13.3. The lowest BCUT2D eigenvalue weighted by Crippen LogP contribution is -2.49. The Bertz CT molecular complexity index is 1460. The lowest BCUT2D eigenvalue weighted by Gasteiger charge is -2.36. The number of H-pyrrole nitrogens is 1. The molecule has 0 radical (unpaired) electrons. The SMILES string of the molecule is Cc1cc(N2CCN(C(=O)c3ccc4c(-c5cn[nH]c5)cccc4c3)CC2)n2ncnc2n1. The zero-order valence-electron chi connectivity index (χ0n) is 18.1. The first-order chi connectivity index (χ1) is 16.2. The lowest BCUT2D eigenvalue weighted by atomic mass is 9.98. The van der Waals surface area contributed by atoms with Gasteiger partial charge < -0.3 is 9.80 Å². The van der Waals surface area contributed by atoms with Gasteiger partial charge in [0.05, 0.1) is 6.20 Å². The number of aryl methyl sites for hydroxylation is 1. The summed E-state index contributed by atoms with van der Waals surface area (Å²) in [6, 6.07) is 14.1. The van der Waals surface area contributed by atoms with Crippen LogP contribution < -0.4 is 4.90 Å². The van der Waals surface area contributed by atoms with E-state index in [0.717, 1.165) is 46.5 Å². The van der Waals surface area contributed by atoms with Gasteiger partial charge in [0, 0.05) is 55.3 Å². The van der Waals surface area contributed by atoms with Gasteiger partial charge in [-0.25, -0.2) is 4.98 Å². The second-order valence-electron chi connectivity index (χ2n) is 8.24. The largest absolute Gasteiger partial charge is 0.353 e. The molecule has 33 heavy (non-hydrogen) atoms. The van der Waals surface area contributed by atoms with Crippen LogP contribution in [0.2, 0.25) is 0 Å². The zero-order valence-corrected chi connectivity index (χ0v) is 18.1. The number of amides is 1. The van der Waals surface area contributed by atoms with Crippen LogP contribution >= 0.6 is 0 Å². The molecule has 0 bridgehead atoms. The number of rotatable bonds is 3. The van der Waals surface area contributed by atoms with Gasteiger partial charge in [-0.1, -0.05) is 24.3 Å². The van der Waals surface area contributed by atoms with Crippen LogP contribution in [0.15, 0.2) is 61.2 Å². The van der Waals surface area contributed by atoms with Crippen molar-refractivity contribution in [2.24, 2.45) is 0 Å². The quantitative estimate of drug-likeness (QED) is 0.465. The molecule has 6 rings (SSSR count). The van der Waals surface area contributed by atoms with Crippen molar-refractivity contribution in [3.8, 4) is 11.1 Å². The van der Waals surface area contributed by atoms with Crippen LogP contribution in [-0.2, 0) is 0 Å². The summed E-state index contributed by atoms with van der Waals surface area (Å²) in [5, 5.41) is 13.4. The van der Waals surface area contributed by atoms with Crippen LogP contribution in [0.1, 0.15) is 16.1 Å². The Morgan fingerprint density at radius 1 is 1.06 bits per heavy atom. The number of hydrogen-bond donors (Lipinski definition) is 1. The number of aromatic nitrogens is 6. The van der Waals surface area contributed by atoms with Gasteiger partial charge in [-0.3, -0.25) is 9.89 Å². The number of benzene rings is 2. The molecule has 164 valence electrons. The molecule has 9 heteroatoms. The predicted octanol–water partition coefficient (Wildman–Crippen LogP) is 2.94. The molecular formula is C24H22N8O. The number of hydrogen-bond acceptors (Lipinski definition) is 6. The molecule has 0 spiro atoms. The van der Waals surface area contributed by atoms with E-state index in [2.05, 4.69) is 36.2 Å². The number of piperazine rings is 1. The second kappa shape index (κ2) is 7.70. The molecule has 1 fully saturated rings. The van der Waals surface area contributed by atoms with Crippen LogP contribution in [-0.4, -0.2) is 66.8 Å². The Hall–Kier alpha value is -4.27. The number of nitrogens with zero attached hydrogens (tertiary/aromatic N) is 7. The molecule has 1 N–H and O–H groups in total. The minimum Gasteiger partial charge on any atom is -0.353 e. The number of carbonyl (C=O) groups is 1. The third-order valence-electron chi connectivity index (χ3n) is 6.19. The molecule has 0 aliphatic carbocycles. The first-order valence-electron chi connectivity index (χ1n) is 10.9. The van der Waals surface area contributed by atoms with Gasteiger partial charge >= 0.3 is 0 Å². The Kier molecular flexibility index (Phi) is 4.53.